The van der Waals surface area contributed by atoms with Crippen molar-refractivity contribution in [3.63, 3.8) is 0 Å². The van der Waals surface area contributed by atoms with Crippen LogP contribution in [0, 0.1) is 5.41 Å². The van der Waals surface area contributed by atoms with Gasteiger partial charge in [-0.25, -0.2) is 4.79 Å². The number of hydrogen-bond acceptors (Lipinski definition) is 4. The van der Waals surface area contributed by atoms with E-state index >= 15 is 0 Å². The van der Waals surface area contributed by atoms with Gasteiger partial charge in [0.1, 0.15) is 0 Å². The zero-order valence-electron chi connectivity index (χ0n) is 12.4. The van der Waals surface area contributed by atoms with Crippen molar-refractivity contribution in [2.45, 2.75) is 44.8 Å². The summed E-state index contributed by atoms with van der Waals surface area (Å²) in [6, 6.07) is -0.181. The number of nitrogens with one attached hydrogen (secondary N) is 2. The molecule has 0 aromatic heterocycles. The van der Waals surface area contributed by atoms with Gasteiger partial charge in [0.05, 0.1) is 11.5 Å². The zero-order valence-corrected chi connectivity index (χ0v) is 12.4. The van der Waals surface area contributed by atoms with Crippen molar-refractivity contribution in [3.8, 4) is 0 Å². The molecule has 0 unspecified atom stereocenters. The van der Waals surface area contributed by atoms with E-state index in [1.807, 2.05) is 6.92 Å². The fourth-order valence-corrected chi connectivity index (χ4v) is 2.77. The highest BCUT2D eigenvalue weighted by molar-refractivity contribution is 5.78. The molecule has 2 aliphatic rings. The minimum absolute atomic E-state index is 0.122. The van der Waals surface area contributed by atoms with Crippen molar-refractivity contribution in [1.29, 1.82) is 0 Å². The van der Waals surface area contributed by atoms with Gasteiger partial charge in [0.25, 0.3) is 0 Å². The molecule has 0 aromatic carbocycles. The molecule has 0 bridgehead atoms. The van der Waals surface area contributed by atoms with Crippen LogP contribution in [0.1, 0.15) is 32.6 Å². The van der Waals surface area contributed by atoms with Crippen LogP contribution in [-0.2, 0) is 14.3 Å². The molecule has 0 spiro atoms. The Hall–Kier alpha value is -1.34. The maximum Gasteiger partial charge on any atom is 0.315 e. The molecule has 120 valence electrons. The van der Waals surface area contributed by atoms with Gasteiger partial charge in [0.2, 0.25) is 0 Å². The molecule has 2 fully saturated rings. The van der Waals surface area contributed by atoms with Gasteiger partial charge in [0, 0.05) is 32.4 Å². The molecule has 0 radical (unpaired) electrons. The summed E-state index contributed by atoms with van der Waals surface area (Å²) in [5, 5.41) is 14.9. The van der Waals surface area contributed by atoms with E-state index in [0.29, 0.717) is 32.7 Å². The van der Waals surface area contributed by atoms with Crippen molar-refractivity contribution in [1.82, 2.24) is 10.6 Å². The Bertz CT molecular complexity index is 376. The fraction of sp³-hybridized carbons (Fsp3) is 0.857. The number of aliphatic carboxylic acids is 1. The van der Waals surface area contributed by atoms with Crippen LogP contribution in [0.25, 0.3) is 0 Å². The number of carboxylic acid groups (broad SMARTS) is 1. The molecular formula is C14H24N2O5. The maximum atomic E-state index is 11.8. The fourth-order valence-electron chi connectivity index (χ4n) is 2.77. The molecule has 1 saturated carbocycles. The van der Waals surface area contributed by atoms with Gasteiger partial charge in [-0.1, -0.05) is 0 Å². The quantitative estimate of drug-likeness (QED) is 0.672. The van der Waals surface area contributed by atoms with Crippen LogP contribution in [0.3, 0.4) is 0 Å². The molecule has 2 rings (SSSR count). The summed E-state index contributed by atoms with van der Waals surface area (Å²) in [6.45, 7) is 3.63. The molecule has 1 aliphatic carbocycles. The van der Waals surface area contributed by atoms with E-state index in [-0.39, 0.29) is 24.7 Å². The Morgan fingerprint density at radius 3 is 2.57 bits per heavy atom. The predicted octanol–water partition coefficient (Wildman–Crippen LogP) is 0.735. The third kappa shape index (κ3) is 4.07. The van der Waals surface area contributed by atoms with Crippen LogP contribution in [-0.4, -0.2) is 55.6 Å². The molecule has 7 nitrogen and oxygen atoms in total. The van der Waals surface area contributed by atoms with E-state index in [1.54, 1.807) is 0 Å². The number of amides is 2. The lowest BCUT2D eigenvalue weighted by Gasteiger charge is -2.36. The van der Waals surface area contributed by atoms with Gasteiger partial charge in [-0.15, -0.1) is 0 Å². The number of hydrogen-bond donors (Lipinski definition) is 3. The van der Waals surface area contributed by atoms with E-state index < -0.39 is 11.4 Å². The van der Waals surface area contributed by atoms with Gasteiger partial charge >= 0.3 is 12.0 Å². The third-order valence-electron chi connectivity index (χ3n) is 4.32. The van der Waals surface area contributed by atoms with E-state index in [1.165, 1.54) is 0 Å². The minimum Gasteiger partial charge on any atom is -0.481 e. The standard InChI is InChI=1S/C14H24N2O5/c1-2-21-11-7-10(8-11)16-13(19)15-9-14(12(17)18)3-5-20-6-4-14/h10-11H,2-9H2,1H3,(H,17,18)(H2,15,16,19). The largest absolute Gasteiger partial charge is 0.481 e. The van der Waals surface area contributed by atoms with E-state index in [0.717, 1.165) is 12.8 Å². The van der Waals surface area contributed by atoms with E-state index in [4.69, 9.17) is 9.47 Å². The zero-order chi connectivity index (χ0) is 15.3. The van der Waals surface area contributed by atoms with Gasteiger partial charge in [-0.2, -0.15) is 0 Å². The SMILES string of the molecule is CCOC1CC(NC(=O)NCC2(C(=O)O)CCOCC2)C1. The number of carboxylic acids is 1. The summed E-state index contributed by atoms with van der Waals surface area (Å²) in [6.07, 6.45) is 2.73. The maximum absolute atomic E-state index is 11.8. The van der Waals surface area contributed by atoms with Crippen molar-refractivity contribution in [3.05, 3.63) is 0 Å². The molecule has 3 N–H and O–H groups in total. The summed E-state index contributed by atoms with van der Waals surface area (Å²) in [7, 11) is 0. The van der Waals surface area contributed by atoms with Crippen LogP contribution in [0.2, 0.25) is 0 Å². The summed E-state index contributed by atoms with van der Waals surface area (Å²) >= 11 is 0. The molecule has 0 aromatic rings. The Morgan fingerprint density at radius 1 is 1.33 bits per heavy atom. The number of rotatable bonds is 6. The number of carbonyl (C=O) groups excluding carboxylic acids is 1. The topological polar surface area (TPSA) is 96.9 Å². The molecular weight excluding hydrogens is 276 g/mol. The predicted molar refractivity (Wildman–Crippen MR) is 75.1 cm³/mol. The van der Waals surface area contributed by atoms with E-state index in [2.05, 4.69) is 10.6 Å². The summed E-state index contributed by atoms with van der Waals surface area (Å²) in [5.41, 5.74) is -0.900. The molecule has 1 saturated heterocycles. The Kier molecular flexibility index (Phi) is 5.41. The molecule has 1 aliphatic heterocycles. The van der Waals surface area contributed by atoms with Crippen molar-refractivity contribution < 1.29 is 24.2 Å². The molecule has 7 heteroatoms. The van der Waals surface area contributed by atoms with Crippen molar-refractivity contribution >= 4 is 12.0 Å². The average molecular weight is 300 g/mol. The van der Waals surface area contributed by atoms with Crippen molar-refractivity contribution in [2.24, 2.45) is 5.41 Å². The third-order valence-corrected chi connectivity index (χ3v) is 4.32. The molecule has 1 heterocycles. The Labute approximate surface area is 124 Å². The second kappa shape index (κ2) is 7.09. The van der Waals surface area contributed by atoms with Crippen molar-refractivity contribution in [2.75, 3.05) is 26.4 Å². The first-order valence-corrected chi connectivity index (χ1v) is 7.53. The lowest BCUT2D eigenvalue weighted by molar-refractivity contribution is -0.154. The smallest absolute Gasteiger partial charge is 0.315 e. The first-order valence-electron chi connectivity index (χ1n) is 7.53. The highest BCUT2D eigenvalue weighted by Crippen LogP contribution is 2.30. The van der Waals surface area contributed by atoms with Crippen LogP contribution in [0.4, 0.5) is 4.79 Å². The monoisotopic (exact) mass is 300 g/mol. The molecule has 2 amide bonds. The average Bonchev–Trinajstić information content (AvgIpc) is 2.44. The van der Waals surface area contributed by atoms with Crippen LogP contribution >= 0.6 is 0 Å². The van der Waals surface area contributed by atoms with Crippen LogP contribution in [0.5, 0.6) is 0 Å². The lowest BCUT2D eigenvalue weighted by atomic mass is 9.80. The first-order chi connectivity index (χ1) is 10.1. The van der Waals surface area contributed by atoms with Crippen LogP contribution < -0.4 is 10.6 Å². The minimum atomic E-state index is -0.900. The first kappa shape index (κ1) is 16.0. The lowest BCUT2D eigenvalue weighted by Crippen LogP contribution is -2.54. The highest BCUT2D eigenvalue weighted by Gasteiger charge is 2.40. The van der Waals surface area contributed by atoms with Crippen LogP contribution in [0.15, 0.2) is 0 Å². The Morgan fingerprint density at radius 2 is 2.00 bits per heavy atom. The summed E-state index contributed by atoms with van der Waals surface area (Å²) in [5.74, 6) is -0.869. The normalized spacial score (nSPS) is 27.5. The highest BCUT2D eigenvalue weighted by atomic mass is 16.5. The number of urea groups is 1. The molecule has 0 atom stereocenters. The number of carbonyl (C=O) groups is 2. The van der Waals surface area contributed by atoms with Gasteiger partial charge in [0.15, 0.2) is 0 Å². The van der Waals surface area contributed by atoms with Gasteiger partial charge in [-0.3, -0.25) is 4.79 Å². The van der Waals surface area contributed by atoms with Gasteiger partial charge in [-0.05, 0) is 32.6 Å². The summed E-state index contributed by atoms with van der Waals surface area (Å²) in [4.78, 5) is 23.3. The molecule has 21 heavy (non-hydrogen) atoms. The second-order valence-corrected chi connectivity index (χ2v) is 5.77. The summed E-state index contributed by atoms with van der Waals surface area (Å²) < 4.78 is 10.6. The Balaban J connectivity index is 1.71. The number of ether oxygens (including phenoxy) is 2. The van der Waals surface area contributed by atoms with Gasteiger partial charge < -0.3 is 25.2 Å². The van der Waals surface area contributed by atoms with E-state index in [9.17, 15) is 14.7 Å². The second-order valence-electron chi connectivity index (χ2n) is 5.77.